The molecule has 1 N–H and O–H groups in total. The van der Waals surface area contributed by atoms with Gasteiger partial charge in [-0.3, -0.25) is 0 Å². The van der Waals surface area contributed by atoms with Crippen molar-refractivity contribution in [2.24, 2.45) is 17.9 Å². The van der Waals surface area contributed by atoms with E-state index in [-0.39, 0.29) is 16.4 Å². The van der Waals surface area contributed by atoms with Crippen molar-refractivity contribution in [1.29, 1.82) is 0 Å². The summed E-state index contributed by atoms with van der Waals surface area (Å²) < 4.78 is 7.80. The van der Waals surface area contributed by atoms with E-state index in [1.54, 1.807) is 0 Å². The first-order valence-corrected chi connectivity index (χ1v) is 8.42. The van der Waals surface area contributed by atoms with Crippen LogP contribution >= 0.6 is 0 Å². The van der Waals surface area contributed by atoms with Gasteiger partial charge in [0, 0.05) is 5.54 Å². The van der Waals surface area contributed by atoms with E-state index < -0.39 is 0 Å². The predicted octanol–water partition coefficient (Wildman–Crippen LogP) is 3.14. The molecule has 1 unspecified atom stereocenters. The lowest BCUT2D eigenvalue weighted by Crippen LogP contribution is -2.58. The molecule has 1 atom stereocenters. The van der Waals surface area contributed by atoms with Crippen LogP contribution in [-0.2, 0) is 18.9 Å². The number of hydrogen-bond acceptors (Lipinski definition) is 3. The van der Waals surface area contributed by atoms with E-state index in [2.05, 4.69) is 77.6 Å². The van der Waals surface area contributed by atoms with Crippen molar-refractivity contribution >= 4 is 0 Å². The number of nitrogens with zero attached hydrogens (tertiary/aromatic N) is 2. The summed E-state index contributed by atoms with van der Waals surface area (Å²) in [7, 11) is 4.16. The van der Waals surface area contributed by atoms with Crippen molar-refractivity contribution in [2.75, 3.05) is 7.05 Å². The molecule has 2 rings (SSSR count). The first-order chi connectivity index (χ1) is 9.88. The van der Waals surface area contributed by atoms with Gasteiger partial charge < -0.3 is 5.32 Å². The molecule has 0 radical (unpaired) electrons. The normalized spacial score (nSPS) is 27.3. The van der Waals surface area contributed by atoms with E-state index in [1.807, 2.05) is 0 Å². The molecule has 0 spiro atoms. The second-order valence-corrected chi connectivity index (χ2v) is 9.23. The van der Waals surface area contributed by atoms with Crippen molar-refractivity contribution in [3.63, 3.8) is 0 Å². The fraction of sp³-hybridized carbons (Fsp3) is 0.889. The Kier molecular flexibility index (Phi) is 4.01. The minimum Gasteiger partial charge on any atom is -0.313 e. The summed E-state index contributed by atoms with van der Waals surface area (Å²) in [6.07, 6.45) is 3.30. The van der Waals surface area contributed by atoms with Crippen LogP contribution in [0.2, 0.25) is 0 Å². The SMILES string of the molecule is CNC1(Cc2noc(C(C)(C)C)[n+]2C)CCC(C)(C)C1(C)C. The molecule has 0 amide bonds. The summed E-state index contributed by atoms with van der Waals surface area (Å²) in [4.78, 5) is 0. The van der Waals surface area contributed by atoms with E-state index in [0.29, 0.717) is 5.41 Å². The zero-order chi connectivity index (χ0) is 17.0. The second-order valence-electron chi connectivity index (χ2n) is 9.23. The number of hydrogen-bond donors (Lipinski definition) is 1. The van der Waals surface area contributed by atoms with Crippen molar-refractivity contribution < 1.29 is 9.09 Å². The summed E-state index contributed by atoms with van der Waals surface area (Å²) in [5, 5.41) is 8.05. The summed E-state index contributed by atoms with van der Waals surface area (Å²) in [6.45, 7) is 16.0. The lowest BCUT2D eigenvalue weighted by atomic mass is 9.62. The lowest BCUT2D eigenvalue weighted by molar-refractivity contribution is -0.694. The quantitative estimate of drug-likeness (QED) is 0.872. The van der Waals surface area contributed by atoms with Gasteiger partial charge in [-0.2, -0.15) is 4.57 Å². The highest BCUT2D eigenvalue weighted by molar-refractivity contribution is 5.14. The van der Waals surface area contributed by atoms with E-state index in [1.165, 1.54) is 12.8 Å². The predicted molar refractivity (Wildman–Crippen MR) is 88.7 cm³/mol. The molecule has 0 aromatic carbocycles. The van der Waals surface area contributed by atoms with Crippen LogP contribution in [0.15, 0.2) is 4.52 Å². The Morgan fingerprint density at radius 1 is 1.18 bits per heavy atom. The number of likely N-dealkylation sites (N-methyl/N-ethyl adjacent to an activating group) is 1. The Morgan fingerprint density at radius 3 is 2.14 bits per heavy atom. The van der Waals surface area contributed by atoms with E-state index in [4.69, 9.17) is 4.52 Å². The summed E-state index contributed by atoms with van der Waals surface area (Å²) in [5.74, 6) is 1.97. The fourth-order valence-corrected chi connectivity index (χ4v) is 4.03. The van der Waals surface area contributed by atoms with Crippen LogP contribution in [-0.4, -0.2) is 17.7 Å². The Bertz CT molecular complexity index is 551. The van der Waals surface area contributed by atoms with Gasteiger partial charge in [0.25, 0.3) is 0 Å². The average molecular weight is 308 g/mol. The third-order valence-corrected chi connectivity index (χ3v) is 6.57. The minimum absolute atomic E-state index is 0.0305. The second kappa shape index (κ2) is 5.05. The molecule has 1 aromatic heterocycles. The monoisotopic (exact) mass is 308 g/mol. The van der Waals surface area contributed by atoms with Crippen LogP contribution < -0.4 is 9.88 Å². The summed E-state index contributed by atoms with van der Waals surface area (Å²) in [6, 6.07) is 0. The molecule has 1 aromatic rings. The van der Waals surface area contributed by atoms with E-state index in [0.717, 1.165) is 18.1 Å². The van der Waals surface area contributed by atoms with Crippen molar-refractivity contribution in [3.05, 3.63) is 11.7 Å². The van der Waals surface area contributed by atoms with Crippen LogP contribution in [0.1, 0.15) is 73.0 Å². The van der Waals surface area contributed by atoms with Crippen LogP contribution in [0, 0.1) is 10.8 Å². The van der Waals surface area contributed by atoms with Crippen molar-refractivity contribution in [3.8, 4) is 0 Å². The van der Waals surface area contributed by atoms with E-state index in [9.17, 15) is 0 Å². The third kappa shape index (κ3) is 2.40. The maximum Gasteiger partial charge on any atom is 0.350 e. The maximum atomic E-state index is 5.66. The van der Waals surface area contributed by atoms with Gasteiger partial charge in [0.15, 0.2) is 5.16 Å². The lowest BCUT2D eigenvalue weighted by Gasteiger charge is -2.47. The zero-order valence-corrected chi connectivity index (χ0v) is 15.9. The maximum absolute atomic E-state index is 5.66. The number of rotatable bonds is 3. The van der Waals surface area contributed by atoms with Gasteiger partial charge in [0.05, 0.1) is 18.9 Å². The van der Waals surface area contributed by atoms with Gasteiger partial charge >= 0.3 is 11.7 Å². The van der Waals surface area contributed by atoms with Gasteiger partial charge in [-0.25, -0.2) is 4.52 Å². The van der Waals surface area contributed by atoms with Gasteiger partial charge in [-0.1, -0.05) is 27.7 Å². The van der Waals surface area contributed by atoms with Crippen LogP contribution in [0.25, 0.3) is 0 Å². The highest BCUT2D eigenvalue weighted by Gasteiger charge is 2.59. The Hall–Kier alpha value is -0.900. The molecule has 0 aliphatic heterocycles. The molecular formula is C18H34N3O+. The molecule has 1 fully saturated rings. The van der Waals surface area contributed by atoms with Crippen LogP contribution in [0.5, 0.6) is 0 Å². The largest absolute Gasteiger partial charge is 0.350 e. The molecular weight excluding hydrogens is 274 g/mol. The van der Waals surface area contributed by atoms with Gasteiger partial charge in [0.1, 0.15) is 0 Å². The molecule has 1 aliphatic rings. The molecule has 4 heteroatoms. The van der Waals surface area contributed by atoms with E-state index >= 15 is 0 Å². The molecule has 126 valence electrons. The standard InChI is InChI=1S/C18H34N3O/c1-15(2,3)14-21(9)13(20-22-14)12-18(19-8)11-10-16(4,5)17(18,6)7/h19H,10-12H2,1-9H3/q+1. The van der Waals surface area contributed by atoms with Crippen molar-refractivity contribution in [2.45, 2.75) is 78.7 Å². The van der Waals surface area contributed by atoms with Gasteiger partial charge in [0.2, 0.25) is 0 Å². The van der Waals surface area contributed by atoms with Gasteiger partial charge in [-0.15, -0.1) is 0 Å². The minimum atomic E-state index is -0.0305. The molecule has 1 saturated carbocycles. The fourth-order valence-electron chi connectivity index (χ4n) is 4.03. The topological polar surface area (TPSA) is 41.9 Å². The number of aromatic nitrogens is 2. The molecule has 1 heterocycles. The highest BCUT2D eigenvalue weighted by Crippen LogP contribution is 2.58. The first-order valence-electron chi connectivity index (χ1n) is 8.42. The average Bonchev–Trinajstić information content (AvgIpc) is 2.82. The molecule has 22 heavy (non-hydrogen) atoms. The Morgan fingerprint density at radius 2 is 1.77 bits per heavy atom. The molecule has 4 nitrogen and oxygen atoms in total. The molecule has 0 bridgehead atoms. The third-order valence-electron chi connectivity index (χ3n) is 6.57. The summed E-state index contributed by atoms with van der Waals surface area (Å²) in [5.41, 5.74) is 0.519. The van der Waals surface area contributed by atoms with Crippen LogP contribution in [0.4, 0.5) is 0 Å². The summed E-state index contributed by atoms with van der Waals surface area (Å²) >= 11 is 0. The molecule has 0 saturated heterocycles. The van der Waals surface area contributed by atoms with Crippen LogP contribution in [0.3, 0.4) is 0 Å². The first kappa shape index (κ1) is 17.5. The Labute approximate surface area is 135 Å². The highest BCUT2D eigenvalue weighted by atomic mass is 16.5. The molecule has 1 aliphatic carbocycles. The van der Waals surface area contributed by atoms with Gasteiger partial charge in [-0.05, 0) is 51.5 Å². The van der Waals surface area contributed by atoms with Crippen molar-refractivity contribution in [1.82, 2.24) is 10.5 Å². The smallest absolute Gasteiger partial charge is 0.313 e. The zero-order valence-electron chi connectivity index (χ0n) is 15.9. The number of nitrogens with one attached hydrogen (secondary N) is 1. The Balaban J connectivity index is 2.39.